The van der Waals surface area contributed by atoms with Crippen LogP contribution in [0.5, 0.6) is 5.75 Å². The van der Waals surface area contributed by atoms with Crippen molar-refractivity contribution in [3.63, 3.8) is 0 Å². The van der Waals surface area contributed by atoms with Crippen LogP contribution in [0.15, 0.2) is 12.3 Å². The van der Waals surface area contributed by atoms with E-state index < -0.39 is 6.09 Å². The predicted octanol–water partition coefficient (Wildman–Crippen LogP) is 1.84. The Morgan fingerprint density at radius 3 is 3.11 bits per heavy atom. The second-order valence-corrected chi connectivity index (χ2v) is 5.36. The summed E-state index contributed by atoms with van der Waals surface area (Å²) in [5.41, 5.74) is 1.73. The largest absolute Gasteiger partial charge is 0.483 e. The molecule has 5 nitrogen and oxygen atoms in total. The minimum atomic E-state index is -0.867. The molecule has 0 aromatic carbocycles. The fourth-order valence-corrected chi connectivity index (χ4v) is 3.09. The lowest BCUT2D eigenvalue weighted by Gasteiger charge is -2.22. The Morgan fingerprint density at radius 1 is 1.67 bits per heavy atom. The van der Waals surface area contributed by atoms with Crippen molar-refractivity contribution in [3.8, 4) is 5.75 Å². The maximum atomic E-state index is 11.1. The third-order valence-corrected chi connectivity index (χ3v) is 3.83. The summed E-state index contributed by atoms with van der Waals surface area (Å²) in [4.78, 5) is 16.8. The summed E-state index contributed by atoms with van der Waals surface area (Å²) in [5, 5.41) is 9.15. The molecule has 2 aliphatic heterocycles. The monoisotopic (exact) mass is 248 g/mol. The average molecular weight is 248 g/mol. The van der Waals surface area contributed by atoms with Gasteiger partial charge in [-0.05, 0) is 19.9 Å². The van der Waals surface area contributed by atoms with Crippen molar-refractivity contribution >= 4 is 6.09 Å². The van der Waals surface area contributed by atoms with Gasteiger partial charge in [0.05, 0.1) is 12.7 Å². The molecule has 1 saturated heterocycles. The van der Waals surface area contributed by atoms with Crippen LogP contribution in [0.3, 0.4) is 0 Å². The molecule has 2 atom stereocenters. The van der Waals surface area contributed by atoms with Gasteiger partial charge < -0.3 is 14.7 Å². The van der Waals surface area contributed by atoms with Crippen LogP contribution in [0.25, 0.3) is 0 Å². The molecule has 5 heteroatoms. The van der Waals surface area contributed by atoms with E-state index in [4.69, 9.17) is 9.84 Å². The van der Waals surface area contributed by atoms with Gasteiger partial charge in [0.1, 0.15) is 11.4 Å². The van der Waals surface area contributed by atoms with E-state index >= 15 is 0 Å². The highest BCUT2D eigenvalue weighted by molar-refractivity contribution is 5.66. The number of ether oxygens (including phenoxy) is 1. The molecule has 1 N–H and O–H groups in total. The molecular formula is C13H16N2O3. The highest BCUT2D eigenvalue weighted by Gasteiger charge is 2.49. The topological polar surface area (TPSA) is 62.7 Å². The zero-order valence-electron chi connectivity index (χ0n) is 10.5. The number of aromatic nitrogens is 1. The van der Waals surface area contributed by atoms with E-state index in [0.717, 1.165) is 29.8 Å². The van der Waals surface area contributed by atoms with Crippen LogP contribution in [0.1, 0.15) is 24.6 Å². The first-order chi connectivity index (χ1) is 8.49. The molecule has 1 spiro atoms. The molecule has 0 radical (unpaired) electrons. The Bertz CT molecular complexity index is 517. The number of hydrogen-bond donors (Lipinski definition) is 1. The van der Waals surface area contributed by atoms with Crippen LogP contribution in [0.2, 0.25) is 0 Å². The second-order valence-electron chi connectivity index (χ2n) is 5.36. The van der Waals surface area contributed by atoms with Gasteiger partial charge in [-0.2, -0.15) is 0 Å². The number of carboxylic acid groups (broad SMARTS) is 1. The first kappa shape index (κ1) is 11.3. The Balaban J connectivity index is 1.87. The predicted molar refractivity (Wildman–Crippen MR) is 64.8 cm³/mol. The van der Waals surface area contributed by atoms with E-state index in [1.54, 1.807) is 6.20 Å². The van der Waals surface area contributed by atoms with E-state index in [2.05, 4.69) is 4.98 Å². The lowest BCUT2D eigenvalue weighted by molar-refractivity contribution is 0.0960. The van der Waals surface area contributed by atoms with Gasteiger partial charge in [0, 0.05) is 30.1 Å². The number of carbonyl (C=O) groups is 1. The first-order valence-corrected chi connectivity index (χ1v) is 6.13. The molecule has 1 amide bonds. The normalized spacial score (nSPS) is 29.4. The summed E-state index contributed by atoms with van der Waals surface area (Å²) in [6.45, 7) is 4.32. The maximum Gasteiger partial charge on any atom is 0.407 e. The average Bonchev–Trinajstić information content (AvgIpc) is 2.78. The number of pyridine rings is 1. The number of fused-ring (bicyclic) bond motifs is 1. The van der Waals surface area contributed by atoms with Gasteiger partial charge in [-0.3, -0.25) is 4.98 Å². The van der Waals surface area contributed by atoms with E-state index in [-0.39, 0.29) is 11.6 Å². The van der Waals surface area contributed by atoms with Crippen molar-refractivity contribution in [2.75, 3.05) is 6.54 Å². The van der Waals surface area contributed by atoms with Gasteiger partial charge in [0.2, 0.25) is 0 Å². The van der Waals surface area contributed by atoms with E-state index in [1.807, 2.05) is 19.9 Å². The second kappa shape index (κ2) is 3.60. The maximum absolute atomic E-state index is 11.1. The Kier molecular flexibility index (Phi) is 2.27. The number of hydrogen-bond acceptors (Lipinski definition) is 3. The number of rotatable bonds is 0. The SMILES string of the molecule is Cc1cc2c(cn1)O[C@]1(C2)C[C@H](C)N(C(=O)O)C1. The van der Waals surface area contributed by atoms with Crippen LogP contribution < -0.4 is 4.74 Å². The van der Waals surface area contributed by atoms with Gasteiger partial charge in [-0.25, -0.2) is 4.79 Å². The van der Waals surface area contributed by atoms with Crippen LogP contribution in [0.4, 0.5) is 4.79 Å². The quantitative estimate of drug-likeness (QED) is 0.761. The van der Waals surface area contributed by atoms with Crippen LogP contribution >= 0.6 is 0 Å². The summed E-state index contributed by atoms with van der Waals surface area (Å²) in [6, 6.07) is 2.03. The standard InChI is InChI=1S/C13H16N2O3/c1-8-3-10-5-13(18-11(10)6-14-8)4-9(2)15(7-13)12(16)17/h3,6,9H,4-5,7H2,1-2H3,(H,16,17)/t9-,13-/m0/s1. The van der Waals surface area contributed by atoms with Gasteiger partial charge >= 0.3 is 6.09 Å². The third kappa shape index (κ3) is 1.62. The third-order valence-electron chi connectivity index (χ3n) is 3.83. The number of likely N-dealkylation sites (tertiary alicyclic amines) is 1. The highest BCUT2D eigenvalue weighted by Crippen LogP contribution is 2.42. The summed E-state index contributed by atoms with van der Waals surface area (Å²) < 4.78 is 5.99. The molecule has 0 bridgehead atoms. The number of nitrogens with zero attached hydrogens (tertiary/aromatic N) is 2. The van der Waals surface area contributed by atoms with Crippen molar-refractivity contribution in [3.05, 3.63) is 23.5 Å². The van der Waals surface area contributed by atoms with Crippen molar-refractivity contribution < 1.29 is 14.6 Å². The molecule has 1 aromatic rings. The molecule has 96 valence electrons. The molecular weight excluding hydrogens is 232 g/mol. The van der Waals surface area contributed by atoms with Crippen LogP contribution in [0, 0.1) is 6.92 Å². The van der Waals surface area contributed by atoms with E-state index in [9.17, 15) is 4.79 Å². The van der Waals surface area contributed by atoms with Crippen LogP contribution in [-0.2, 0) is 6.42 Å². The molecule has 0 unspecified atom stereocenters. The number of aryl methyl sites for hydroxylation is 1. The Morgan fingerprint density at radius 2 is 2.44 bits per heavy atom. The minimum Gasteiger partial charge on any atom is -0.483 e. The molecule has 18 heavy (non-hydrogen) atoms. The molecule has 2 aliphatic rings. The molecule has 0 aliphatic carbocycles. The smallest absolute Gasteiger partial charge is 0.407 e. The van der Waals surface area contributed by atoms with Gasteiger partial charge in [0.15, 0.2) is 0 Å². The van der Waals surface area contributed by atoms with Crippen molar-refractivity contribution in [2.45, 2.75) is 38.3 Å². The van der Waals surface area contributed by atoms with E-state index in [0.29, 0.717) is 6.54 Å². The molecule has 1 aromatic heterocycles. The van der Waals surface area contributed by atoms with Crippen molar-refractivity contribution in [2.24, 2.45) is 0 Å². The first-order valence-electron chi connectivity index (χ1n) is 6.13. The van der Waals surface area contributed by atoms with Crippen LogP contribution in [-0.4, -0.2) is 39.3 Å². The lowest BCUT2D eigenvalue weighted by atomic mass is 9.95. The summed E-state index contributed by atoms with van der Waals surface area (Å²) >= 11 is 0. The van der Waals surface area contributed by atoms with Gasteiger partial charge in [0.25, 0.3) is 0 Å². The summed E-state index contributed by atoms with van der Waals surface area (Å²) in [5.74, 6) is 0.806. The molecule has 3 heterocycles. The van der Waals surface area contributed by atoms with Crippen molar-refractivity contribution in [1.29, 1.82) is 0 Å². The molecule has 0 saturated carbocycles. The fraction of sp³-hybridized carbons (Fsp3) is 0.538. The van der Waals surface area contributed by atoms with E-state index in [1.165, 1.54) is 4.90 Å². The zero-order chi connectivity index (χ0) is 12.9. The van der Waals surface area contributed by atoms with Gasteiger partial charge in [-0.1, -0.05) is 0 Å². The molecule has 3 rings (SSSR count). The Labute approximate surface area is 105 Å². The summed E-state index contributed by atoms with van der Waals surface area (Å²) in [7, 11) is 0. The zero-order valence-corrected chi connectivity index (χ0v) is 10.5. The molecule has 1 fully saturated rings. The Hall–Kier alpha value is -1.78. The minimum absolute atomic E-state index is 0.00543. The van der Waals surface area contributed by atoms with Gasteiger partial charge in [-0.15, -0.1) is 0 Å². The highest BCUT2D eigenvalue weighted by atomic mass is 16.5. The summed E-state index contributed by atoms with van der Waals surface area (Å²) in [6.07, 6.45) is 2.40. The fourth-order valence-electron chi connectivity index (χ4n) is 3.09. The van der Waals surface area contributed by atoms with Crippen molar-refractivity contribution in [1.82, 2.24) is 9.88 Å². The lowest BCUT2D eigenvalue weighted by Crippen LogP contribution is -2.39. The number of amides is 1.